The van der Waals surface area contributed by atoms with Crippen molar-refractivity contribution in [1.82, 2.24) is 4.90 Å². The SMILES string of the molecule is CC(=O)OCC1=C(COC(C)=O)N(C(=O)OC(C)(C)C)[C@@H]2c3ccccc3C=C[C@H]12. The zero-order chi connectivity index (χ0) is 22.1. The van der Waals surface area contributed by atoms with Gasteiger partial charge in [0, 0.05) is 19.8 Å². The number of carbonyl (C=O) groups is 3. The number of benzene rings is 1. The smallest absolute Gasteiger partial charge is 0.415 e. The molecule has 2 aliphatic rings. The molecular formula is C23H27NO6. The van der Waals surface area contributed by atoms with Crippen LogP contribution in [0.3, 0.4) is 0 Å². The minimum Gasteiger partial charge on any atom is -0.461 e. The van der Waals surface area contributed by atoms with E-state index in [1.807, 2.05) is 36.4 Å². The van der Waals surface area contributed by atoms with E-state index in [1.165, 1.54) is 13.8 Å². The second-order valence-electron chi connectivity index (χ2n) is 8.34. The Balaban J connectivity index is 2.10. The number of rotatable bonds is 4. The molecule has 30 heavy (non-hydrogen) atoms. The maximum atomic E-state index is 13.3. The third-order valence-electron chi connectivity index (χ3n) is 4.91. The highest BCUT2D eigenvalue weighted by atomic mass is 16.6. The van der Waals surface area contributed by atoms with Crippen LogP contribution in [0.25, 0.3) is 6.08 Å². The van der Waals surface area contributed by atoms with E-state index < -0.39 is 23.6 Å². The first-order valence-electron chi connectivity index (χ1n) is 9.86. The highest BCUT2D eigenvalue weighted by Gasteiger charge is 2.47. The van der Waals surface area contributed by atoms with Gasteiger partial charge in [0.25, 0.3) is 0 Å². The van der Waals surface area contributed by atoms with Crippen molar-refractivity contribution >= 4 is 24.1 Å². The van der Waals surface area contributed by atoms with Crippen LogP contribution in [-0.2, 0) is 23.8 Å². The molecule has 7 heteroatoms. The van der Waals surface area contributed by atoms with E-state index in [-0.39, 0.29) is 25.2 Å². The summed E-state index contributed by atoms with van der Waals surface area (Å²) in [5.41, 5.74) is 2.44. The summed E-state index contributed by atoms with van der Waals surface area (Å²) < 4.78 is 16.2. The minimum atomic E-state index is -0.707. The van der Waals surface area contributed by atoms with Crippen LogP contribution in [-0.4, -0.2) is 41.7 Å². The van der Waals surface area contributed by atoms with Gasteiger partial charge in [-0.15, -0.1) is 0 Å². The first-order chi connectivity index (χ1) is 14.1. The summed E-state index contributed by atoms with van der Waals surface area (Å²) in [7, 11) is 0. The molecule has 1 aromatic rings. The van der Waals surface area contributed by atoms with Gasteiger partial charge in [-0.25, -0.2) is 4.79 Å². The Morgan fingerprint density at radius 3 is 2.27 bits per heavy atom. The molecule has 1 aliphatic heterocycles. The second-order valence-corrected chi connectivity index (χ2v) is 8.34. The van der Waals surface area contributed by atoms with Gasteiger partial charge in [0.2, 0.25) is 0 Å². The average molecular weight is 413 g/mol. The monoisotopic (exact) mass is 413 g/mol. The van der Waals surface area contributed by atoms with Gasteiger partial charge in [0.05, 0.1) is 11.7 Å². The molecule has 1 heterocycles. The summed E-state index contributed by atoms with van der Waals surface area (Å²) in [4.78, 5) is 37.8. The lowest BCUT2D eigenvalue weighted by molar-refractivity contribution is -0.141. The summed E-state index contributed by atoms with van der Waals surface area (Å²) in [6, 6.07) is 7.41. The van der Waals surface area contributed by atoms with Crippen molar-refractivity contribution in [2.45, 2.75) is 46.3 Å². The fourth-order valence-electron chi connectivity index (χ4n) is 3.79. The molecule has 0 spiro atoms. The number of hydrogen-bond donors (Lipinski definition) is 0. The topological polar surface area (TPSA) is 82.1 Å². The van der Waals surface area contributed by atoms with Crippen LogP contribution in [0.4, 0.5) is 4.79 Å². The highest BCUT2D eigenvalue weighted by molar-refractivity contribution is 5.76. The summed E-state index contributed by atoms with van der Waals surface area (Å²) in [5.74, 6) is -1.12. The van der Waals surface area contributed by atoms with E-state index in [9.17, 15) is 14.4 Å². The Morgan fingerprint density at radius 1 is 1.00 bits per heavy atom. The predicted molar refractivity (Wildman–Crippen MR) is 110 cm³/mol. The zero-order valence-corrected chi connectivity index (χ0v) is 17.9. The van der Waals surface area contributed by atoms with Crippen LogP contribution in [0.1, 0.15) is 51.8 Å². The lowest BCUT2D eigenvalue weighted by Crippen LogP contribution is -2.39. The van der Waals surface area contributed by atoms with Gasteiger partial charge in [0.1, 0.15) is 18.8 Å². The maximum absolute atomic E-state index is 13.3. The molecule has 1 amide bonds. The molecule has 1 aromatic carbocycles. The van der Waals surface area contributed by atoms with Crippen LogP contribution in [0.2, 0.25) is 0 Å². The lowest BCUT2D eigenvalue weighted by Gasteiger charge is -2.34. The Bertz CT molecular complexity index is 924. The van der Waals surface area contributed by atoms with Gasteiger partial charge in [-0.1, -0.05) is 36.4 Å². The molecular weight excluding hydrogens is 386 g/mol. The van der Waals surface area contributed by atoms with Crippen molar-refractivity contribution in [1.29, 1.82) is 0 Å². The standard InChI is InChI=1S/C23H27NO6/c1-14(25)28-12-19-18-11-10-16-8-6-7-9-17(16)21(18)24(20(19)13-29-15(2)26)22(27)30-23(3,4)5/h6-11,18,21H,12-13H2,1-5H3/t18-,21-/m1/s1. The number of hydrogen-bond acceptors (Lipinski definition) is 6. The molecule has 0 fully saturated rings. The van der Waals surface area contributed by atoms with E-state index in [0.717, 1.165) is 11.1 Å². The quantitative estimate of drug-likeness (QED) is 0.548. The number of ether oxygens (including phenoxy) is 3. The molecule has 0 radical (unpaired) electrons. The molecule has 0 aromatic heterocycles. The Morgan fingerprint density at radius 2 is 1.63 bits per heavy atom. The molecule has 7 nitrogen and oxygen atoms in total. The Hall–Kier alpha value is -3.09. The summed E-state index contributed by atoms with van der Waals surface area (Å²) in [5, 5.41) is 0. The van der Waals surface area contributed by atoms with E-state index in [0.29, 0.717) is 11.3 Å². The lowest BCUT2D eigenvalue weighted by atomic mass is 9.82. The van der Waals surface area contributed by atoms with E-state index in [1.54, 1.807) is 25.7 Å². The van der Waals surface area contributed by atoms with Gasteiger partial charge in [0.15, 0.2) is 0 Å². The van der Waals surface area contributed by atoms with Crippen molar-refractivity contribution in [2.24, 2.45) is 5.92 Å². The summed E-state index contributed by atoms with van der Waals surface area (Å²) in [6.07, 6.45) is 3.44. The van der Waals surface area contributed by atoms with Crippen molar-refractivity contribution in [3.05, 3.63) is 52.7 Å². The van der Waals surface area contributed by atoms with Crippen LogP contribution >= 0.6 is 0 Å². The number of carbonyl (C=O) groups excluding carboxylic acids is 3. The fraction of sp³-hybridized carbons (Fsp3) is 0.435. The normalized spacial score (nSPS) is 19.8. The maximum Gasteiger partial charge on any atom is 0.415 e. The Labute approximate surface area is 176 Å². The molecule has 1 aliphatic carbocycles. The van der Waals surface area contributed by atoms with E-state index in [4.69, 9.17) is 14.2 Å². The van der Waals surface area contributed by atoms with Crippen LogP contribution in [0, 0.1) is 5.92 Å². The predicted octanol–water partition coefficient (Wildman–Crippen LogP) is 4.00. The van der Waals surface area contributed by atoms with E-state index >= 15 is 0 Å². The largest absolute Gasteiger partial charge is 0.461 e. The first kappa shape index (κ1) is 21.6. The molecule has 0 bridgehead atoms. The molecule has 0 saturated carbocycles. The van der Waals surface area contributed by atoms with Gasteiger partial charge in [-0.2, -0.15) is 0 Å². The van der Waals surface area contributed by atoms with E-state index in [2.05, 4.69) is 0 Å². The number of amides is 1. The van der Waals surface area contributed by atoms with Crippen LogP contribution < -0.4 is 0 Å². The molecule has 160 valence electrons. The van der Waals surface area contributed by atoms with Gasteiger partial charge >= 0.3 is 18.0 Å². The van der Waals surface area contributed by atoms with Crippen molar-refractivity contribution in [3.63, 3.8) is 0 Å². The zero-order valence-electron chi connectivity index (χ0n) is 17.9. The third kappa shape index (κ3) is 4.56. The Kier molecular flexibility index (Phi) is 6.01. The first-order valence-corrected chi connectivity index (χ1v) is 9.86. The van der Waals surface area contributed by atoms with Gasteiger partial charge in [-0.3, -0.25) is 14.5 Å². The molecule has 0 saturated heterocycles. The fourth-order valence-corrected chi connectivity index (χ4v) is 3.79. The summed E-state index contributed by atoms with van der Waals surface area (Å²) in [6.45, 7) is 7.90. The average Bonchev–Trinajstić information content (AvgIpc) is 2.97. The van der Waals surface area contributed by atoms with Crippen molar-refractivity contribution in [2.75, 3.05) is 13.2 Å². The number of nitrogens with zero attached hydrogens (tertiary/aromatic N) is 1. The van der Waals surface area contributed by atoms with Crippen molar-refractivity contribution < 1.29 is 28.6 Å². The number of fused-ring (bicyclic) bond motifs is 3. The highest BCUT2D eigenvalue weighted by Crippen LogP contribution is 2.49. The van der Waals surface area contributed by atoms with Crippen LogP contribution in [0.15, 0.2) is 41.6 Å². The molecule has 2 atom stereocenters. The van der Waals surface area contributed by atoms with Crippen LogP contribution in [0.5, 0.6) is 0 Å². The third-order valence-corrected chi connectivity index (χ3v) is 4.91. The number of esters is 2. The summed E-state index contributed by atoms with van der Waals surface area (Å²) >= 11 is 0. The molecule has 0 unspecified atom stereocenters. The minimum absolute atomic E-state index is 0.00109. The second kappa shape index (κ2) is 8.34. The molecule has 3 rings (SSSR count). The van der Waals surface area contributed by atoms with Crippen molar-refractivity contribution in [3.8, 4) is 0 Å². The van der Waals surface area contributed by atoms with Gasteiger partial charge in [-0.05, 0) is 37.5 Å². The molecule has 0 N–H and O–H groups in total. The van der Waals surface area contributed by atoms with Gasteiger partial charge < -0.3 is 14.2 Å².